The average Bonchev–Trinajstić information content (AvgIpc) is 2.85. The highest BCUT2D eigenvalue weighted by Crippen LogP contribution is 2.52. The minimum Gasteiger partial charge on any atom is -0.307 e. The van der Waals surface area contributed by atoms with E-state index in [1.807, 2.05) is 11.6 Å². The van der Waals surface area contributed by atoms with Crippen molar-refractivity contribution in [1.82, 2.24) is 4.72 Å². The van der Waals surface area contributed by atoms with Crippen molar-refractivity contribution in [3.05, 3.63) is 54.1 Å². The largest absolute Gasteiger partial charge is 0.361 e. The van der Waals surface area contributed by atoms with E-state index >= 15 is 0 Å². The molecular weight excluding hydrogens is 499 g/mol. The first-order valence-corrected chi connectivity index (χ1v) is 15.7. The second kappa shape index (κ2) is 11.9. The summed E-state index contributed by atoms with van der Waals surface area (Å²) >= 11 is 0. The summed E-state index contributed by atoms with van der Waals surface area (Å²) in [5, 5.41) is 2.90. The van der Waals surface area contributed by atoms with Gasteiger partial charge in [0.15, 0.2) is 0 Å². The van der Waals surface area contributed by atoms with Gasteiger partial charge in [-0.2, -0.15) is 0 Å². The molecule has 0 spiro atoms. The van der Waals surface area contributed by atoms with Crippen molar-refractivity contribution in [2.45, 2.75) is 88.2 Å². The number of sulfonamides is 1. The molecule has 36 heavy (non-hydrogen) atoms. The molecule has 2 aromatic carbocycles. The molecule has 2 aliphatic rings. The summed E-state index contributed by atoms with van der Waals surface area (Å²) in [5.41, 5.74) is 1.20. The summed E-state index contributed by atoms with van der Waals surface area (Å²) in [6, 6.07) is 11.8. The van der Waals surface area contributed by atoms with Crippen LogP contribution in [0.25, 0.3) is 0 Å². The van der Waals surface area contributed by atoms with Crippen LogP contribution >= 0.6 is 7.60 Å². The van der Waals surface area contributed by atoms with Crippen molar-refractivity contribution in [2.24, 2.45) is 0 Å². The maximum atomic E-state index is 14.2. The van der Waals surface area contributed by atoms with E-state index in [0.29, 0.717) is 11.0 Å². The fourth-order valence-corrected chi connectivity index (χ4v) is 7.66. The zero-order valence-electron chi connectivity index (χ0n) is 20.6. The summed E-state index contributed by atoms with van der Waals surface area (Å²) in [7, 11) is -7.70. The van der Waals surface area contributed by atoms with Gasteiger partial charge in [-0.1, -0.05) is 62.3 Å². The monoisotopic (exact) mass is 534 g/mol. The fraction of sp³-hybridized carbons (Fsp3) is 0.500. The Hall–Kier alpha value is -2.19. The molecule has 2 saturated carbocycles. The number of nitrogens with one attached hydrogen (secondary N) is 2. The predicted octanol–water partition coefficient (Wildman–Crippen LogP) is 6.02. The second-order valence-electron chi connectivity index (χ2n) is 9.65. The lowest BCUT2D eigenvalue weighted by atomic mass is 9.98. The normalized spacial score (nSPS) is 18.0. The summed E-state index contributed by atoms with van der Waals surface area (Å²) in [4.78, 5) is 12.5. The molecule has 0 aromatic heterocycles. The molecule has 0 aliphatic heterocycles. The topological polar surface area (TPSA) is 111 Å². The van der Waals surface area contributed by atoms with Crippen LogP contribution in [0.15, 0.2) is 53.4 Å². The van der Waals surface area contributed by atoms with Gasteiger partial charge in [-0.25, -0.2) is 17.9 Å². The van der Waals surface area contributed by atoms with Gasteiger partial charge in [-0.3, -0.25) is 4.57 Å². The number of carbonyl (C=O) groups excluding carboxylic acids is 1. The van der Waals surface area contributed by atoms with E-state index in [1.165, 1.54) is 12.1 Å². The first kappa shape index (κ1) is 26.9. The molecule has 2 N–H and O–H groups in total. The Kier molecular flexibility index (Phi) is 8.88. The second-order valence-corrected chi connectivity index (χ2v) is 13.3. The highest BCUT2D eigenvalue weighted by atomic mass is 32.2. The van der Waals surface area contributed by atoms with E-state index in [1.54, 1.807) is 36.4 Å². The summed E-state index contributed by atoms with van der Waals surface area (Å²) < 4.78 is 53.7. The number of rotatable bonds is 8. The zero-order valence-corrected chi connectivity index (χ0v) is 22.4. The van der Waals surface area contributed by atoms with Gasteiger partial charge in [-0.15, -0.1) is 0 Å². The molecule has 0 bridgehead atoms. The van der Waals surface area contributed by atoms with Crippen LogP contribution < -0.4 is 15.3 Å². The van der Waals surface area contributed by atoms with Crippen molar-refractivity contribution in [3.63, 3.8) is 0 Å². The summed E-state index contributed by atoms with van der Waals surface area (Å²) in [5.74, 6) is 0. The molecule has 0 heterocycles. The van der Waals surface area contributed by atoms with E-state index in [-0.39, 0.29) is 17.1 Å². The van der Waals surface area contributed by atoms with Crippen LogP contribution in [0.2, 0.25) is 0 Å². The van der Waals surface area contributed by atoms with Crippen molar-refractivity contribution in [3.8, 4) is 0 Å². The SMILES string of the molecule is Cc1ccc(S(=O)(=O)NC(=O)Nc2cccc(P(=O)(OC3CCCCC3)OC3CCCCC3)c2)cc1. The van der Waals surface area contributed by atoms with E-state index in [0.717, 1.165) is 69.8 Å². The van der Waals surface area contributed by atoms with Crippen LogP contribution in [-0.4, -0.2) is 26.7 Å². The average molecular weight is 535 g/mol. The predicted molar refractivity (Wildman–Crippen MR) is 140 cm³/mol. The zero-order chi connectivity index (χ0) is 25.6. The van der Waals surface area contributed by atoms with Gasteiger partial charge in [0.05, 0.1) is 22.4 Å². The molecule has 10 heteroatoms. The third-order valence-corrected chi connectivity index (χ3v) is 10.1. The lowest BCUT2D eigenvalue weighted by Crippen LogP contribution is -2.34. The molecule has 4 rings (SSSR count). The highest BCUT2D eigenvalue weighted by Gasteiger charge is 2.35. The number of benzene rings is 2. The van der Waals surface area contributed by atoms with Gasteiger partial charge in [0, 0.05) is 5.69 Å². The minimum atomic E-state index is -4.04. The first-order valence-electron chi connectivity index (χ1n) is 12.7. The first-order chi connectivity index (χ1) is 17.2. The lowest BCUT2D eigenvalue weighted by molar-refractivity contribution is 0.0846. The van der Waals surface area contributed by atoms with E-state index in [4.69, 9.17) is 9.05 Å². The molecule has 2 aliphatic carbocycles. The third-order valence-electron chi connectivity index (χ3n) is 6.66. The number of carbonyl (C=O) groups is 1. The van der Waals surface area contributed by atoms with E-state index < -0.39 is 23.7 Å². The van der Waals surface area contributed by atoms with Gasteiger partial charge in [0.1, 0.15) is 0 Å². The molecule has 196 valence electrons. The van der Waals surface area contributed by atoms with Crippen LogP contribution in [0.3, 0.4) is 0 Å². The van der Waals surface area contributed by atoms with Crippen LogP contribution in [-0.2, 0) is 23.6 Å². The molecule has 8 nitrogen and oxygen atoms in total. The van der Waals surface area contributed by atoms with Crippen LogP contribution in [0, 0.1) is 6.92 Å². The maximum Gasteiger partial charge on any atom is 0.361 e. The molecule has 2 fully saturated rings. The van der Waals surface area contributed by atoms with Gasteiger partial charge >= 0.3 is 13.6 Å². The van der Waals surface area contributed by atoms with Crippen LogP contribution in [0.1, 0.15) is 69.8 Å². The number of hydrogen-bond donors (Lipinski definition) is 2. The number of anilines is 1. The Morgan fingerprint density at radius 3 is 1.97 bits per heavy atom. The Bertz CT molecular complexity index is 1170. The Morgan fingerprint density at radius 2 is 1.42 bits per heavy atom. The van der Waals surface area contributed by atoms with Gasteiger partial charge in [0.25, 0.3) is 10.0 Å². The lowest BCUT2D eigenvalue weighted by Gasteiger charge is -2.31. The third kappa shape index (κ3) is 7.19. The van der Waals surface area contributed by atoms with E-state index in [9.17, 15) is 17.8 Å². The van der Waals surface area contributed by atoms with Gasteiger partial charge in [-0.05, 0) is 62.9 Å². The van der Waals surface area contributed by atoms with Crippen LogP contribution in [0.4, 0.5) is 10.5 Å². The van der Waals surface area contributed by atoms with Gasteiger partial charge < -0.3 is 14.4 Å². The highest BCUT2D eigenvalue weighted by molar-refractivity contribution is 7.90. The molecule has 0 unspecified atom stereocenters. The number of hydrogen-bond acceptors (Lipinski definition) is 6. The molecule has 0 saturated heterocycles. The Morgan fingerprint density at radius 1 is 0.861 bits per heavy atom. The number of aryl methyl sites for hydroxylation is 1. The van der Waals surface area contributed by atoms with E-state index in [2.05, 4.69) is 5.32 Å². The molecule has 0 atom stereocenters. The van der Waals surface area contributed by atoms with Crippen molar-refractivity contribution < 1.29 is 26.8 Å². The maximum absolute atomic E-state index is 14.2. The fourth-order valence-electron chi connectivity index (χ4n) is 4.69. The molecule has 2 aromatic rings. The molecule has 2 amide bonds. The number of urea groups is 1. The van der Waals surface area contributed by atoms with Crippen LogP contribution in [0.5, 0.6) is 0 Å². The molecule has 0 radical (unpaired) electrons. The smallest absolute Gasteiger partial charge is 0.307 e. The van der Waals surface area contributed by atoms with Crippen molar-refractivity contribution >= 4 is 34.6 Å². The van der Waals surface area contributed by atoms with Crippen molar-refractivity contribution in [2.75, 3.05) is 5.32 Å². The standard InChI is InChI=1S/C26H35N2O6PS/c1-20-15-17-25(18-16-20)36(31,32)28-26(29)27-21-9-8-14-24(19-21)35(30,33-22-10-4-2-5-11-22)34-23-12-6-3-7-13-23/h8-9,14-19,22-23H,2-7,10-13H2,1H3,(H2,27,28,29). The summed E-state index contributed by atoms with van der Waals surface area (Å²) in [6.07, 6.45) is 9.53. The quantitative estimate of drug-likeness (QED) is 0.401. The minimum absolute atomic E-state index is 0.0109. The van der Waals surface area contributed by atoms with Gasteiger partial charge in [0.2, 0.25) is 0 Å². The Labute approximate surface area is 213 Å². The Balaban J connectivity index is 1.50. The molecular formula is C26H35N2O6PS. The number of amides is 2. The summed E-state index contributed by atoms with van der Waals surface area (Å²) in [6.45, 7) is 1.85. The van der Waals surface area contributed by atoms with Crippen molar-refractivity contribution in [1.29, 1.82) is 0 Å².